The summed E-state index contributed by atoms with van der Waals surface area (Å²) in [6.07, 6.45) is 15.4. The normalized spacial score (nSPS) is 14.0. The number of methoxy groups -OCH3 is 3. The Morgan fingerprint density at radius 3 is 1.90 bits per heavy atom. The van der Waals surface area contributed by atoms with Gasteiger partial charge in [-0.1, -0.05) is 70.9 Å². The van der Waals surface area contributed by atoms with E-state index in [9.17, 15) is 0 Å². The van der Waals surface area contributed by atoms with E-state index in [4.69, 9.17) is 14.2 Å². The molecule has 21 heavy (non-hydrogen) atoms. The summed E-state index contributed by atoms with van der Waals surface area (Å²) in [6.45, 7) is 4.45. The summed E-state index contributed by atoms with van der Waals surface area (Å²) in [5.74, 6) is -0.816. The predicted octanol–water partition coefficient (Wildman–Crippen LogP) is 5.30. The first-order chi connectivity index (χ1) is 10.2. The van der Waals surface area contributed by atoms with Crippen molar-refractivity contribution in [3.8, 4) is 0 Å². The molecule has 0 bridgehead atoms. The largest absolute Gasteiger partial charge is 0.330 e. The van der Waals surface area contributed by atoms with E-state index >= 15 is 0 Å². The van der Waals surface area contributed by atoms with Gasteiger partial charge in [0.25, 0.3) is 5.97 Å². The fourth-order valence-corrected chi connectivity index (χ4v) is 2.65. The van der Waals surface area contributed by atoms with Crippen LogP contribution in [0.25, 0.3) is 0 Å². The molecule has 1 atom stereocenters. The van der Waals surface area contributed by atoms with Gasteiger partial charge in [0.05, 0.1) is 5.92 Å². The van der Waals surface area contributed by atoms with Crippen LogP contribution in [0.4, 0.5) is 0 Å². The maximum absolute atomic E-state index is 5.54. The van der Waals surface area contributed by atoms with Crippen LogP contribution in [0, 0.1) is 5.92 Å². The Morgan fingerprint density at radius 1 is 0.810 bits per heavy atom. The van der Waals surface area contributed by atoms with E-state index in [2.05, 4.69) is 26.0 Å². The smallest absolute Gasteiger partial charge is 0.288 e. The second kappa shape index (κ2) is 13.3. The SMILES string of the molecule is CCCCC=CC(CCCCCCC)C(OC)(OC)OC. The standard InChI is InChI=1S/C18H36O3/c1-6-8-10-12-14-16-17(15-13-11-9-7-2)18(19-3,20-4)21-5/h13,15,17H,6-12,14,16H2,1-5H3. The van der Waals surface area contributed by atoms with Gasteiger partial charge in [-0.25, -0.2) is 0 Å². The summed E-state index contributed by atoms with van der Waals surface area (Å²) < 4.78 is 16.6. The third-order valence-electron chi connectivity index (χ3n) is 4.02. The molecule has 0 aromatic rings. The van der Waals surface area contributed by atoms with Crippen molar-refractivity contribution in [1.82, 2.24) is 0 Å². The van der Waals surface area contributed by atoms with Crippen LogP contribution in [0.15, 0.2) is 12.2 Å². The Hall–Kier alpha value is -0.380. The van der Waals surface area contributed by atoms with Crippen LogP contribution >= 0.6 is 0 Å². The molecule has 0 aromatic carbocycles. The fourth-order valence-electron chi connectivity index (χ4n) is 2.65. The summed E-state index contributed by atoms with van der Waals surface area (Å²) >= 11 is 0. The number of rotatable bonds is 14. The number of hydrogen-bond acceptors (Lipinski definition) is 3. The summed E-state index contributed by atoms with van der Waals surface area (Å²) in [5.41, 5.74) is 0. The molecule has 0 amide bonds. The zero-order valence-corrected chi connectivity index (χ0v) is 14.8. The highest BCUT2D eigenvalue weighted by Gasteiger charge is 2.37. The number of hydrogen-bond donors (Lipinski definition) is 0. The topological polar surface area (TPSA) is 27.7 Å². The van der Waals surface area contributed by atoms with Crippen LogP contribution in [0.5, 0.6) is 0 Å². The second-order valence-electron chi connectivity index (χ2n) is 5.60. The first-order valence-corrected chi connectivity index (χ1v) is 8.52. The Balaban J connectivity index is 4.55. The summed E-state index contributed by atoms with van der Waals surface area (Å²) in [7, 11) is 4.95. The van der Waals surface area contributed by atoms with Crippen LogP contribution in [0.2, 0.25) is 0 Å². The molecule has 126 valence electrons. The maximum atomic E-state index is 5.54. The van der Waals surface area contributed by atoms with E-state index in [1.807, 2.05) is 0 Å². The molecule has 0 fully saturated rings. The minimum absolute atomic E-state index is 0.135. The van der Waals surface area contributed by atoms with Crippen molar-refractivity contribution in [2.24, 2.45) is 5.92 Å². The highest BCUT2D eigenvalue weighted by Crippen LogP contribution is 2.30. The molecule has 0 N–H and O–H groups in total. The average molecular weight is 300 g/mol. The van der Waals surface area contributed by atoms with Gasteiger partial charge in [0.1, 0.15) is 0 Å². The van der Waals surface area contributed by atoms with Gasteiger partial charge in [-0.2, -0.15) is 0 Å². The molecular formula is C18H36O3. The van der Waals surface area contributed by atoms with E-state index in [1.165, 1.54) is 44.9 Å². The molecule has 3 nitrogen and oxygen atoms in total. The Kier molecular flexibility index (Phi) is 13.1. The van der Waals surface area contributed by atoms with Crippen LogP contribution in [0.3, 0.4) is 0 Å². The third-order valence-corrected chi connectivity index (χ3v) is 4.02. The van der Waals surface area contributed by atoms with Crippen molar-refractivity contribution in [1.29, 1.82) is 0 Å². The zero-order chi connectivity index (χ0) is 16.0. The Morgan fingerprint density at radius 2 is 1.38 bits per heavy atom. The van der Waals surface area contributed by atoms with E-state index in [-0.39, 0.29) is 5.92 Å². The quantitative estimate of drug-likeness (QED) is 0.247. The van der Waals surface area contributed by atoms with Crippen LogP contribution in [-0.2, 0) is 14.2 Å². The summed E-state index contributed by atoms with van der Waals surface area (Å²) in [4.78, 5) is 0. The van der Waals surface area contributed by atoms with Gasteiger partial charge < -0.3 is 14.2 Å². The van der Waals surface area contributed by atoms with Crippen molar-refractivity contribution in [3.63, 3.8) is 0 Å². The predicted molar refractivity (Wildman–Crippen MR) is 89.3 cm³/mol. The van der Waals surface area contributed by atoms with Crippen molar-refractivity contribution < 1.29 is 14.2 Å². The van der Waals surface area contributed by atoms with Crippen molar-refractivity contribution in [3.05, 3.63) is 12.2 Å². The molecular weight excluding hydrogens is 264 g/mol. The number of ether oxygens (including phenoxy) is 3. The molecule has 1 unspecified atom stereocenters. The van der Waals surface area contributed by atoms with Crippen molar-refractivity contribution in [2.45, 2.75) is 77.6 Å². The Bertz CT molecular complexity index is 239. The minimum Gasteiger partial charge on any atom is -0.330 e. The molecule has 0 rings (SSSR count). The molecule has 0 aliphatic carbocycles. The van der Waals surface area contributed by atoms with Crippen LogP contribution < -0.4 is 0 Å². The molecule has 0 aromatic heterocycles. The van der Waals surface area contributed by atoms with E-state index in [0.717, 1.165) is 12.8 Å². The average Bonchev–Trinajstić information content (AvgIpc) is 2.52. The first kappa shape index (κ1) is 20.6. The highest BCUT2D eigenvalue weighted by atomic mass is 16.9. The van der Waals surface area contributed by atoms with Crippen LogP contribution in [0.1, 0.15) is 71.6 Å². The van der Waals surface area contributed by atoms with Gasteiger partial charge in [0.15, 0.2) is 0 Å². The van der Waals surface area contributed by atoms with Gasteiger partial charge in [-0.15, -0.1) is 0 Å². The molecule has 0 heterocycles. The molecule has 0 aliphatic rings. The number of allylic oxidation sites excluding steroid dienone is 1. The minimum atomic E-state index is -0.951. The van der Waals surface area contributed by atoms with Crippen LogP contribution in [-0.4, -0.2) is 27.3 Å². The fraction of sp³-hybridized carbons (Fsp3) is 0.889. The molecule has 3 heteroatoms. The van der Waals surface area contributed by atoms with Gasteiger partial charge in [0.2, 0.25) is 0 Å². The monoisotopic (exact) mass is 300 g/mol. The summed E-state index contributed by atoms with van der Waals surface area (Å²) in [6, 6.07) is 0. The van der Waals surface area contributed by atoms with E-state index < -0.39 is 5.97 Å². The first-order valence-electron chi connectivity index (χ1n) is 8.52. The lowest BCUT2D eigenvalue weighted by Crippen LogP contribution is -2.43. The van der Waals surface area contributed by atoms with Crippen molar-refractivity contribution in [2.75, 3.05) is 21.3 Å². The van der Waals surface area contributed by atoms with Gasteiger partial charge in [-0.05, 0) is 12.8 Å². The Labute approximate surface area is 132 Å². The highest BCUT2D eigenvalue weighted by molar-refractivity contribution is 4.93. The van der Waals surface area contributed by atoms with Gasteiger partial charge >= 0.3 is 0 Å². The maximum Gasteiger partial charge on any atom is 0.288 e. The summed E-state index contributed by atoms with van der Waals surface area (Å²) in [5, 5.41) is 0. The van der Waals surface area contributed by atoms with E-state index in [1.54, 1.807) is 21.3 Å². The zero-order valence-electron chi connectivity index (χ0n) is 14.8. The molecule has 0 saturated heterocycles. The second-order valence-corrected chi connectivity index (χ2v) is 5.60. The van der Waals surface area contributed by atoms with Gasteiger partial charge in [0, 0.05) is 21.3 Å². The van der Waals surface area contributed by atoms with Gasteiger partial charge in [-0.3, -0.25) is 0 Å². The molecule has 0 spiro atoms. The van der Waals surface area contributed by atoms with E-state index in [0.29, 0.717) is 0 Å². The lowest BCUT2D eigenvalue weighted by Gasteiger charge is -2.35. The molecule has 0 saturated carbocycles. The molecule has 0 radical (unpaired) electrons. The van der Waals surface area contributed by atoms with Crippen molar-refractivity contribution >= 4 is 0 Å². The third kappa shape index (κ3) is 7.98. The number of unbranched alkanes of at least 4 members (excludes halogenated alkanes) is 6. The molecule has 0 aliphatic heterocycles. The lowest BCUT2D eigenvalue weighted by molar-refractivity contribution is -0.372. The lowest BCUT2D eigenvalue weighted by atomic mass is 9.96.